The van der Waals surface area contributed by atoms with Crippen LogP contribution in [0, 0.1) is 13.8 Å². The van der Waals surface area contributed by atoms with Crippen LogP contribution in [0.2, 0.25) is 0 Å². The predicted molar refractivity (Wildman–Crippen MR) is 94.3 cm³/mol. The summed E-state index contributed by atoms with van der Waals surface area (Å²) in [4.78, 5) is 12.0. The third-order valence-corrected chi connectivity index (χ3v) is 5.21. The van der Waals surface area contributed by atoms with E-state index in [4.69, 9.17) is 4.42 Å². The lowest BCUT2D eigenvalue weighted by atomic mass is 9.93. The second-order valence-corrected chi connectivity index (χ2v) is 6.85. The first-order valence-corrected chi connectivity index (χ1v) is 8.65. The Kier molecular flexibility index (Phi) is 3.72. The van der Waals surface area contributed by atoms with E-state index in [0.29, 0.717) is 6.54 Å². The maximum Gasteiger partial charge on any atom is 0.336 e. The molecular weight excluding hydrogens is 298 g/mol. The Morgan fingerprint density at radius 1 is 1.08 bits per heavy atom. The van der Waals surface area contributed by atoms with Gasteiger partial charge in [-0.15, -0.1) is 0 Å². The van der Waals surface area contributed by atoms with Crippen LogP contribution in [0.25, 0.3) is 11.0 Å². The fraction of sp³-hybridized carbons (Fsp3) is 0.333. The minimum atomic E-state index is -0.273. The third kappa shape index (κ3) is 2.64. The summed E-state index contributed by atoms with van der Waals surface area (Å²) in [6.07, 6.45) is 9.29. The number of rotatable bonds is 2. The molecule has 0 atom stereocenters. The van der Waals surface area contributed by atoms with Crippen LogP contribution in [-0.4, -0.2) is 0 Å². The first-order chi connectivity index (χ1) is 11.6. The Hall–Kier alpha value is -2.42. The number of hydrogen-bond donors (Lipinski definition) is 0. The largest absolute Gasteiger partial charge is 0.422 e. The van der Waals surface area contributed by atoms with Gasteiger partial charge in [-0.25, -0.2) is 9.36 Å². The minimum Gasteiger partial charge on any atom is -0.422 e. The highest BCUT2D eigenvalue weighted by Gasteiger charge is 2.16. The lowest BCUT2D eigenvalue weighted by molar-refractivity contribution is -0.688. The van der Waals surface area contributed by atoms with E-state index in [9.17, 15) is 4.79 Å². The van der Waals surface area contributed by atoms with E-state index in [1.807, 2.05) is 13.8 Å². The van der Waals surface area contributed by atoms with Crippen molar-refractivity contribution >= 4 is 11.0 Å². The summed E-state index contributed by atoms with van der Waals surface area (Å²) in [5.74, 6) is 0. The molecule has 1 aromatic carbocycles. The molecule has 0 saturated carbocycles. The highest BCUT2D eigenvalue weighted by molar-refractivity contribution is 5.83. The molecule has 0 radical (unpaired) electrons. The zero-order valence-corrected chi connectivity index (χ0v) is 14.3. The number of aryl methyl sites for hydroxylation is 4. The standard InChI is InChI=1S/C21H22NO2/c1-14-7-8-19-18(11-20(23)24-21(19)15(14)2)13-22-10-9-16-5-3-4-6-17(16)12-22/h7-12H,3-6,13H2,1-2H3/q+1. The van der Waals surface area contributed by atoms with Gasteiger partial charge in [-0.3, -0.25) is 0 Å². The molecule has 0 N–H and O–H groups in total. The summed E-state index contributed by atoms with van der Waals surface area (Å²) in [5, 5.41) is 1.03. The van der Waals surface area contributed by atoms with Crippen LogP contribution in [-0.2, 0) is 19.4 Å². The summed E-state index contributed by atoms with van der Waals surface area (Å²) < 4.78 is 7.67. The summed E-state index contributed by atoms with van der Waals surface area (Å²) in [6.45, 7) is 4.74. The molecule has 3 aromatic rings. The predicted octanol–water partition coefficient (Wildman–Crippen LogP) is 3.62. The molecule has 3 heteroatoms. The van der Waals surface area contributed by atoms with Crippen LogP contribution >= 0.6 is 0 Å². The Morgan fingerprint density at radius 3 is 2.71 bits per heavy atom. The van der Waals surface area contributed by atoms with Gasteiger partial charge in [-0.1, -0.05) is 12.1 Å². The van der Waals surface area contributed by atoms with E-state index in [0.717, 1.165) is 34.1 Å². The quantitative estimate of drug-likeness (QED) is 0.534. The van der Waals surface area contributed by atoms with Gasteiger partial charge in [-0.2, -0.15) is 0 Å². The van der Waals surface area contributed by atoms with Crippen LogP contribution in [0.15, 0.2) is 45.9 Å². The minimum absolute atomic E-state index is 0.273. The molecule has 0 fully saturated rings. The number of pyridine rings is 1. The second-order valence-electron chi connectivity index (χ2n) is 6.85. The lowest BCUT2D eigenvalue weighted by Crippen LogP contribution is -2.35. The van der Waals surface area contributed by atoms with Gasteiger partial charge in [0.05, 0.1) is 0 Å². The molecule has 24 heavy (non-hydrogen) atoms. The number of hydrogen-bond acceptors (Lipinski definition) is 2. The normalized spacial score (nSPS) is 13.9. The van der Waals surface area contributed by atoms with Gasteiger partial charge >= 0.3 is 5.63 Å². The van der Waals surface area contributed by atoms with Gasteiger partial charge in [0.25, 0.3) is 0 Å². The van der Waals surface area contributed by atoms with Crippen molar-refractivity contribution in [2.24, 2.45) is 0 Å². The molecule has 0 spiro atoms. The van der Waals surface area contributed by atoms with Crippen LogP contribution in [0.5, 0.6) is 0 Å². The molecule has 0 unspecified atom stereocenters. The molecule has 3 nitrogen and oxygen atoms in total. The molecule has 1 aliphatic carbocycles. The Labute approximate surface area is 141 Å². The molecule has 0 amide bonds. The molecule has 122 valence electrons. The molecular formula is C21H22NO2+. The van der Waals surface area contributed by atoms with Crippen molar-refractivity contribution < 1.29 is 8.98 Å². The molecule has 2 heterocycles. The topological polar surface area (TPSA) is 34.1 Å². The van der Waals surface area contributed by atoms with Crippen molar-refractivity contribution in [2.45, 2.75) is 46.1 Å². The van der Waals surface area contributed by atoms with Crippen molar-refractivity contribution in [1.29, 1.82) is 0 Å². The molecule has 0 aliphatic heterocycles. The fourth-order valence-electron chi connectivity index (χ4n) is 3.67. The number of benzene rings is 1. The number of aromatic nitrogens is 1. The van der Waals surface area contributed by atoms with Crippen molar-refractivity contribution in [3.63, 3.8) is 0 Å². The van der Waals surface area contributed by atoms with Crippen LogP contribution in [0.3, 0.4) is 0 Å². The fourth-order valence-corrected chi connectivity index (χ4v) is 3.67. The van der Waals surface area contributed by atoms with Crippen LogP contribution in [0.1, 0.15) is 40.7 Å². The molecule has 2 aromatic heterocycles. The summed E-state index contributed by atoms with van der Waals surface area (Å²) in [7, 11) is 0. The average Bonchev–Trinajstić information content (AvgIpc) is 2.58. The smallest absolute Gasteiger partial charge is 0.336 e. The van der Waals surface area contributed by atoms with Gasteiger partial charge in [-0.05, 0) is 56.2 Å². The Balaban J connectivity index is 1.80. The van der Waals surface area contributed by atoms with E-state index in [-0.39, 0.29) is 5.63 Å². The second kappa shape index (κ2) is 5.90. The van der Waals surface area contributed by atoms with Crippen molar-refractivity contribution in [3.05, 3.63) is 74.9 Å². The van der Waals surface area contributed by atoms with E-state index in [2.05, 4.69) is 35.2 Å². The maximum atomic E-state index is 12.0. The van der Waals surface area contributed by atoms with Crippen LogP contribution in [0.4, 0.5) is 0 Å². The first kappa shape index (κ1) is 15.1. The van der Waals surface area contributed by atoms with E-state index in [1.165, 1.54) is 30.4 Å². The van der Waals surface area contributed by atoms with Crippen molar-refractivity contribution in [2.75, 3.05) is 0 Å². The van der Waals surface area contributed by atoms with Gasteiger partial charge in [0.15, 0.2) is 18.9 Å². The summed E-state index contributed by atoms with van der Waals surface area (Å²) >= 11 is 0. The van der Waals surface area contributed by atoms with Crippen LogP contribution < -0.4 is 10.2 Å². The average molecular weight is 320 g/mol. The number of fused-ring (bicyclic) bond motifs is 2. The van der Waals surface area contributed by atoms with Gasteiger partial charge in [0.2, 0.25) is 0 Å². The zero-order valence-electron chi connectivity index (χ0n) is 14.3. The zero-order chi connectivity index (χ0) is 16.7. The Morgan fingerprint density at radius 2 is 1.88 bits per heavy atom. The van der Waals surface area contributed by atoms with Crippen molar-refractivity contribution in [3.8, 4) is 0 Å². The maximum absolute atomic E-state index is 12.0. The first-order valence-electron chi connectivity index (χ1n) is 8.65. The summed E-state index contributed by atoms with van der Waals surface area (Å²) in [6, 6.07) is 8.02. The summed E-state index contributed by atoms with van der Waals surface area (Å²) in [5.41, 5.74) is 6.57. The van der Waals surface area contributed by atoms with Gasteiger partial charge in [0, 0.05) is 28.6 Å². The monoisotopic (exact) mass is 320 g/mol. The molecule has 0 saturated heterocycles. The lowest BCUT2D eigenvalue weighted by Gasteiger charge is -2.13. The van der Waals surface area contributed by atoms with E-state index in [1.54, 1.807) is 6.07 Å². The highest BCUT2D eigenvalue weighted by Crippen LogP contribution is 2.23. The highest BCUT2D eigenvalue weighted by atomic mass is 16.4. The molecule has 0 bridgehead atoms. The van der Waals surface area contributed by atoms with E-state index < -0.39 is 0 Å². The van der Waals surface area contributed by atoms with Gasteiger partial charge < -0.3 is 4.42 Å². The third-order valence-electron chi connectivity index (χ3n) is 5.21. The van der Waals surface area contributed by atoms with Crippen molar-refractivity contribution in [1.82, 2.24) is 0 Å². The molecule has 1 aliphatic rings. The Bertz CT molecular complexity index is 985. The number of nitrogens with zero attached hydrogens (tertiary/aromatic N) is 1. The van der Waals surface area contributed by atoms with E-state index >= 15 is 0 Å². The SMILES string of the molecule is Cc1ccc2c(C[n+]3ccc4c(c3)CCCC4)cc(=O)oc2c1C. The molecule has 4 rings (SSSR count). The van der Waals surface area contributed by atoms with Gasteiger partial charge in [0.1, 0.15) is 5.58 Å².